The monoisotopic (exact) mass is 1010 g/mol. The Bertz CT molecular complexity index is 1270. The van der Waals surface area contributed by atoms with Gasteiger partial charge in [0, 0.05) is 19.3 Å². The summed E-state index contributed by atoms with van der Waals surface area (Å²) in [4.78, 5) is 48.5. The molecule has 0 heterocycles. The predicted molar refractivity (Wildman–Crippen MR) is 289 cm³/mol. The van der Waals surface area contributed by atoms with Crippen LogP contribution in [0.2, 0.25) is 0 Å². The number of carbonyl (C=O) groups excluding carboxylic acids is 3. The van der Waals surface area contributed by atoms with Gasteiger partial charge >= 0.3 is 25.7 Å². The highest BCUT2D eigenvalue weighted by Crippen LogP contribution is 2.43. The summed E-state index contributed by atoms with van der Waals surface area (Å²) in [6, 6.07) is 0. The predicted octanol–water partition coefficient (Wildman–Crippen LogP) is 17.0. The second-order valence-corrected chi connectivity index (χ2v) is 21.3. The van der Waals surface area contributed by atoms with Gasteiger partial charge in [-0.1, -0.05) is 251 Å². The average Bonchev–Trinajstić information content (AvgIpc) is 3.35. The molecule has 0 bridgehead atoms. The zero-order chi connectivity index (χ0) is 51.3. The second-order valence-electron chi connectivity index (χ2n) is 19.8. The first kappa shape index (κ1) is 68.0. The van der Waals surface area contributed by atoms with Crippen molar-refractivity contribution >= 4 is 25.7 Å². The van der Waals surface area contributed by atoms with Crippen LogP contribution in [0.25, 0.3) is 0 Å². The maximum atomic E-state index is 12.9. The lowest BCUT2D eigenvalue weighted by molar-refractivity contribution is -0.161. The maximum Gasteiger partial charge on any atom is 0.472 e. The topological polar surface area (TPSA) is 155 Å². The number of unbranched alkanes of at least 4 members (excludes halogenated alkanes) is 34. The van der Waals surface area contributed by atoms with E-state index in [0.717, 1.165) is 83.5 Å². The van der Waals surface area contributed by atoms with E-state index in [1.165, 1.54) is 148 Å². The molecule has 412 valence electrons. The van der Waals surface area contributed by atoms with Gasteiger partial charge in [-0.2, -0.15) is 0 Å². The van der Waals surface area contributed by atoms with Crippen LogP contribution in [0, 0.1) is 0 Å². The van der Waals surface area contributed by atoms with Crippen molar-refractivity contribution in [1.82, 2.24) is 0 Å². The fourth-order valence-corrected chi connectivity index (χ4v) is 9.18. The summed E-state index contributed by atoms with van der Waals surface area (Å²) in [6.45, 7) is 4.61. The molecule has 0 fully saturated rings. The minimum Gasteiger partial charge on any atom is -0.462 e. The molecule has 12 heteroatoms. The molecule has 0 radical (unpaired) electrons. The van der Waals surface area contributed by atoms with E-state index < -0.39 is 57.8 Å². The summed E-state index contributed by atoms with van der Waals surface area (Å²) >= 11 is 0. The third-order valence-corrected chi connectivity index (χ3v) is 13.8. The standard InChI is InChI=1S/C58H109O11P/c1-4-7-10-13-16-19-22-24-25-26-27-28-29-31-34-37-40-43-46-49-58(62)69-55(51-65-56(60)47-44-41-38-35-32-21-18-15-12-9-6-3)53-67-70(63,64)66-52-54(50-59)68-57(61)48-45-42-39-36-33-30-23-20-17-14-11-8-5-2/h11,14,20,23,54-55,59H,4-10,12-13,15-19,21-22,24-53H2,1-3H3,(H,63,64)/b14-11-,23-20-. The van der Waals surface area contributed by atoms with Crippen LogP contribution >= 0.6 is 7.82 Å². The summed E-state index contributed by atoms with van der Waals surface area (Å²) in [5.41, 5.74) is 0. The number of rotatable bonds is 55. The molecule has 0 saturated carbocycles. The number of ether oxygens (including phenoxy) is 3. The van der Waals surface area contributed by atoms with Gasteiger partial charge < -0.3 is 24.2 Å². The number of phosphoric acid groups is 1. The molecule has 11 nitrogen and oxygen atoms in total. The van der Waals surface area contributed by atoms with E-state index in [-0.39, 0.29) is 25.9 Å². The molecule has 0 spiro atoms. The third kappa shape index (κ3) is 50.9. The van der Waals surface area contributed by atoms with Crippen molar-refractivity contribution in [2.24, 2.45) is 0 Å². The number of aliphatic hydroxyl groups excluding tert-OH is 1. The molecule has 0 amide bonds. The first-order valence-corrected chi connectivity index (χ1v) is 30.7. The number of aliphatic hydroxyl groups is 1. The first-order chi connectivity index (χ1) is 34.2. The van der Waals surface area contributed by atoms with Crippen molar-refractivity contribution in [2.45, 2.75) is 303 Å². The molecule has 0 aliphatic rings. The van der Waals surface area contributed by atoms with E-state index in [1.54, 1.807) is 0 Å². The lowest BCUT2D eigenvalue weighted by Crippen LogP contribution is -2.30. The Morgan fingerprint density at radius 1 is 0.400 bits per heavy atom. The molecule has 3 unspecified atom stereocenters. The summed E-state index contributed by atoms with van der Waals surface area (Å²) in [5.74, 6) is -1.45. The van der Waals surface area contributed by atoms with E-state index in [9.17, 15) is 28.9 Å². The van der Waals surface area contributed by atoms with Crippen molar-refractivity contribution in [3.63, 3.8) is 0 Å². The quantitative estimate of drug-likeness (QED) is 0.0197. The van der Waals surface area contributed by atoms with Gasteiger partial charge in [0.2, 0.25) is 0 Å². The van der Waals surface area contributed by atoms with Crippen molar-refractivity contribution in [2.75, 3.05) is 26.4 Å². The Labute approximate surface area is 429 Å². The SMILES string of the molecule is CCC/C=C\C/C=C\CCCCCCCC(=O)OC(CO)COP(=O)(O)OCC(COC(=O)CCCCCCCCCCCCC)OC(=O)CCCCCCCCCCCCCCCCCCCCC. The highest BCUT2D eigenvalue weighted by molar-refractivity contribution is 7.47. The van der Waals surface area contributed by atoms with Gasteiger partial charge in [-0.05, 0) is 44.9 Å². The summed E-state index contributed by atoms with van der Waals surface area (Å²) < 4.78 is 39.5. The summed E-state index contributed by atoms with van der Waals surface area (Å²) in [5, 5.41) is 9.79. The van der Waals surface area contributed by atoms with Crippen LogP contribution in [-0.4, -0.2) is 66.5 Å². The number of hydrogen-bond donors (Lipinski definition) is 2. The van der Waals surface area contributed by atoms with Crippen molar-refractivity contribution < 1.29 is 52.2 Å². The Hall–Kier alpha value is -2.04. The zero-order valence-corrected chi connectivity index (χ0v) is 46.4. The van der Waals surface area contributed by atoms with Crippen LogP contribution in [-0.2, 0) is 42.2 Å². The average molecular weight is 1010 g/mol. The Kier molecular flexibility index (Phi) is 51.7. The van der Waals surface area contributed by atoms with E-state index in [4.69, 9.17) is 23.3 Å². The van der Waals surface area contributed by atoms with Crippen molar-refractivity contribution in [1.29, 1.82) is 0 Å². The molecule has 70 heavy (non-hydrogen) atoms. The molecule has 2 N–H and O–H groups in total. The Balaban J connectivity index is 4.64. The van der Waals surface area contributed by atoms with Crippen molar-refractivity contribution in [3.8, 4) is 0 Å². The van der Waals surface area contributed by atoms with Crippen LogP contribution in [0.3, 0.4) is 0 Å². The molecule has 0 aliphatic heterocycles. The lowest BCUT2D eigenvalue weighted by atomic mass is 10.0. The van der Waals surface area contributed by atoms with Crippen LogP contribution in [0.4, 0.5) is 0 Å². The maximum absolute atomic E-state index is 12.9. The molecular formula is C58H109O11P. The van der Waals surface area contributed by atoms with Gasteiger partial charge in [-0.15, -0.1) is 0 Å². The van der Waals surface area contributed by atoms with Gasteiger partial charge in [0.05, 0.1) is 19.8 Å². The van der Waals surface area contributed by atoms with E-state index in [2.05, 4.69) is 45.1 Å². The molecule has 0 aromatic heterocycles. The third-order valence-electron chi connectivity index (χ3n) is 12.9. The normalized spacial score (nSPS) is 13.5. The number of allylic oxidation sites excluding steroid dienone is 4. The van der Waals surface area contributed by atoms with Gasteiger partial charge in [0.1, 0.15) is 12.7 Å². The Morgan fingerprint density at radius 3 is 1.11 bits per heavy atom. The highest BCUT2D eigenvalue weighted by atomic mass is 31.2. The second kappa shape index (κ2) is 53.3. The largest absolute Gasteiger partial charge is 0.472 e. The number of esters is 3. The molecule has 0 aromatic carbocycles. The molecule has 0 aliphatic carbocycles. The van der Waals surface area contributed by atoms with Crippen LogP contribution in [0.1, 0.15) is 290 Å². The van der Waals surface area contributed by atoms with Gasteiger partial charge in [0.15, 0.2) is 6.10 Å². The molecule has 0 saturated heterocycles. The minimum absolute atomic E-state index is 0.165. The van der Waals surface area contributed by atoms with Crippen molar-refractivity contribution in [3.05, 3.63) is 24.3 Å². The van der Waals surface area contributed by atoms with Crippen LogP contribution in [0.15, 0.2) is 24.3 Å². The fraction of sp³-hybridized carbons (Fsp3) is 0.879. The summed E-state index contributed by atoms with van der Waals surface area (Å²) in [6.07, 6.45) is 52.8. The van der Waals surface area contributed by atoms with Crippen LogP contribution in [0.5, 0.6) is 0 Å². The number of carbonyl (C=O) groups is 3. The van der Waals surface area contributed by atoms with Gasteiger partial charge in [-0.3, -0.25) is 23.4 Å². The first-order valence-electron chi connectivity index (χ1n) is 29.2. The number of phosphoric ester groups is 1. The van der Waals surface area contributed by atoms with E-state index in [1.807, 2.05) is 0 Å². The minimum atomic E-state index is -4.74. The molecule has 0 aromatic rings. The molecule has 3 atom stereocenters. The molecular weight excluding hydrogens is 904 g/mol. The van der Waals surface area contributed by atoms with Gasteiger partial charge in [-0.25, -0.2) is 4.57 Å². The number of hydrogen-bond acceptors (Lipinski definition) is 10. The van der Waals surface area contributed by atoms with Crippen LogP contribution < -0.4 is 0 Å². The van der Waals surface area contributed by atoms with Gasteiger partial charge in [0.25, 0.3) is 0 Å². The smallest absolute Gasteiger partial charge is 0.462 e. The fourth-order valence-electron chi connectivity index (χ4n) is 8.40. The Morgan fingerprint density at radius 2 is 0.729 bits per heavy atom. The van der Waals surface area contributed by atoms with E-state index >= 15 is 0 Å². The highest BCUT2D eigenvalue weighted by Gasteiger charge is 2.28. The van der Waals surface area contributed by atoms with E-state index in [0.29, 0.717) is 19.3 Å². The molecule has 0 rings (SSSR count). The summed E-state index contributed by atoms with van der Waals surface area (Å²) in [7, 11) is -4.74. The zero-order valence-electron chi connectivity index (χ0n) is 45.5. The lowest BCUT2D eigenvalue weighted by Gasteiger charge is -2.21.